The first-order chi connectivity index (χ1) is 17.0. The maximum atomic E-state index is 12.8. The molecule has 9 heteroatoms. The van der Waals surface area contributed by atoms with Crippen LogP contribution in [-0.4, -0.2) is 51.3 Å². The largest absolute Gasteiger partial charge is 0.369 e. The normalized spacial score (nSPS) is 20.8. The lowest BCUT2D eigenvalue weighted by molar-refractivity contribution is 0.0950. The van der Waals surface area contributed by atoms with E-state index in [1.165, 1.54) is 11.2 Å². The molecule has 8 nitrogen and oxygen atoms in total. The van der Waals surface area contributed by atoms with E-state index in [0.29, 0.717) is 29.9 Å². The van der Waals surface area contributed by atoms with Crippen molar-refractivity contribution in [1.29, 1.82) is 5.53 Å². The van der Waals surface area contributed by atoms with E-state index in [-0.39, 0.29) is 11.2 Å². The maximum absolute atomic E-state index is 12.8. The molecule has 0 bridgehead atoms. The van der Waals surface area contributed by atoms with Crippen LogP contribution in [0.1, 0.15) is 41.0 Å². The van der Waals surface area contributed by atoms with Gasteiger partial charge in [0.25, 0.3) is 5.91 Å². The Bertz CT molecular complexity index is 970. The van der Waals surface area contributed by atoms with Crippen molar-refractivity contribution in [3.63, 3.8) is 0 Å². The van der Waals surface area contributed by atoms with Crippen LogP contribution in [0.3, 0.4) is 0 Å². The van der Waals surface area contributed by atoms with Gasteiger partial charge >= 0.3 is 0 Å². The number of rotatable bonds is 13. The molecule has 1 aromatic rings. The summed E-state index contributed by atoms with van der Waals surface area (Å²) in [7, 11) is 0. The van der Waals surface area contributed by atoms with Gasteiger partial charge in [0.2, 0.25) is 0 Å². The highest BCUT2D eigenvalue weighted by Crippen LogP contribution is 2.22. The zero-order chi connectivity index (χ0) is 25.5. The number of allylic oxidation sites excluding steroid dienone is 3. The SMILES string of the molecule is C=CCC/C=C/CSC1/C=C/C(=C/c2[nH]c(C)cc2C(=O)NCCN(C=C)N=N)C(O)N/C=C/C1. The van der Waals surface area contributed by atoms with Gasteiger partial charge < -0.3 is 20.7 Å². The van der Waals surface area contributed by atoms with Gasteiger partial charge in [-0.2, -0.15) is 5.53 Å². The Hall–Kier alpha value is -3.30. The first-order valence-corrected chi connectivity index (χ1v) is 12.6. The first kappa shape index (κ1) is 27.9. The highest BCUT2D eigenvalue weighted by atomic mass is 32.2. The molecule has 0 radical (unpaired) electrons. The van der Waals surface area contributed by atoms with Gasteiger partial charge in [-0.1, -0.05) is 48.3 Å². The number of nitrogens with one attached hydrogen (secondary N) is 4. The molecular formula is C26H36N6O2S. The zero-order valence-corrected chi connectivity index (χ0v) is 21.1. The average Bonchev–Trinajstić information content (AvgIpc) is 3.25. The van der Waals surface area contributed by atoms with Gasteiger partial charge in [-0.05, 0) is 44.5 Å². The number of carbonyl (C=O) groups excluding carboxylic acids is 1. The molecule has 5 N–H and O–H groups in total. The second-order valence-electron chi connectivity index (χ2n) is 7.90. The smallest absolute Gasteiger partial charge is 0.253 e. The van der Waals surface area contributed by atoms with Crippen molar-refractivity contribution >= 4 is 23.7 Å². The lowest BCUT2D eigenvalue weighted by atomic mass is 10.1. The fourth-order valence-corrected chi connectivity index (χ4v) is 4.25. The monoisotopic (exact) mass is 496 g/mol. The molecule has 0 fully saturated rings. The molecule has 1 aliphatic rings. The number of nitrogens with zero attached hydrogens (tertiary/aromatic N) is 2. The van der Waals surface area contributed by atoms with Crippen LogP contribution in [0.5, 0.6) is 0 Å². The van der Waals surface area contributed by atoms with E-state index in [4.69, 9.17) is 5.53 Å². The minimum absolute atomic E-state index is 0.249. The highest BCUT2D eigenvalue weighted by molar-refractivity contribution is 8.00. The molecule has 0 saturated carbocycles. The molecule has 1 aromatic heterocycles. The Morgan fingerprint density at radius 2 is 2.23 bits per heavy atom. The Kier molecular flexibility index (Phi) is 12.4. The Morgan fingerprint density at radius 3 is 2.97 bits per heavy atom. The van der Waals surface area contributed by atoms with E-state index < -0.39 is 6.23 Å². The van der Waals surface area contributed by atoms with Crippen molar-refractivity contribution in [3.8, 4) is 0 Å². The van der Waals surface area contributed by atoms with E-state index in [9.17, 15) is 9.90 Å². The fraction of sp³-hybridized carbons (Fsp3) is 0.346. The van der Waals surface area contributed by atoms with Crippen LogP contribution in [0.4, 0.5) is 0 Å². The predicted molar refractivity (Wildman–Crippen MR) is 145 cm³/mol. The third-order valence-corrected chi connectivity index (χ3v) is 6.34. The molecule has 2 rings (SSSR count). The van der Waals surface area contributed by atoms with E-state index >= 15 is 0 Å². The van der Waals surface area contributed by atoms with Crippen LogP contribution < -0.4 is 10.6 Å². The van der Waals surface area contributed by atoms with E-state index in [2.05, 4.69) is 52.2 Å². The lowest BCUT2D eigenvalue weighted by Gasteiger charge is -2.13. The zero-order valence-electron chi connectivity index (χ0n) is 20.2. The van der Waals surface area contributed by atoms with Crippen LogP contribution in [0.25, 0.3) is 6.08 Å². The molecule has 0 aliphatic carbocycles. The number of hydrogen-bond acceptors (Lipinski definition) is 6. The van der Waals surface area contributed by atoms with Crippen LogP contribution in [-0.2, 0) is 0 Å². The Morgan fingerprint density at radius 1 is 1.40 bits per heavy atom. The summed E-state index contributed by atoms with van der Waals surface area (Å²) in [6.07, 6.45) is 19.2. The second kappa shape index (κ2) is 15.6. The number of H-pyrrole nitrogens is 1. The summed E-state index contributed by atoms with van der Waals surface area (Å²) in [5.74, 6) is 0.660. The van der Waals surface area contributed by atoms with Crippen LogP contribution >= 0.6 is 11.8 Å². The summed E-state index contributed by atoms with van der Waals surface area (Å²) < 4.78 is 0. The molecular weight excluding hydrogens is 460 g/mol. The summed E-state index contributed by atoms with van der Waals surface area (Å²) >= 11 is 1.83. The number of carbonyl (C=O) groups is 1. The topological polar surface area (TPSA) is 117 Å². The molecule has 0 spiro atoms. The van der Waals surface area contributed by atoms with Gasteiger partial charge in [0.05, 0.1) is 17.8 Å². The number of amides is 1. The van der Waals surface area contributed by atoms with Gasteiger partial charge in [-0.25, -0.2) is 0 Å². The van der Waals surface area contributed by atoms with Gasteiger partial charge in [-0.15, -0.1) is 18.3 Å². The van der Waals surface area contributed by atoms with Crippen molar-refractivity contribution in [2.24, 2.45) is 5.22 Å². The van der Waals surface area contributed by atoms with E-state index in [1.807, 2.05) is 36.9 Å². The van der Waals surface area contributed by atoms with Gasteiger partial charge in [-0.3, -0.25) is 9.80 Å². The summed E-state index contributed by atoms with van der Waals surface area (Å²) in [5, 5.41) is 21.4. The second-order valence-corrected chi connectivity index (χ2v) is 9.17. The van der Waals surface area contributed by atoms with Gasteiger partial charge in [0.1, 0.15) is 6.23 Å². The number of aromatic amines is 1. The summed E-state index contributed by atoms with van der Waals surface area (Å²) in [6.45, 7) is 9.84. The van der Waals surface area contributed by atoms with Crippen molar-refractivity contribution in [2.75, 3.05) is 18.8 Å². The lowest BCUT2D eigenvalue weighted by Crippen LogP contribution is -2.30. The number of aliphatic hydroxyl groups is 1. The molecule has 35 heavy (non-hydrogen) atoms. The van der Waals surface area contributed by atoms with Crippen molar-refractivity contribution in [2.45, 2.75) is 37.7 Å². The van der Waals surface area contributed by atoms with Crippen LogP contribution in [0.2, 0.25) is 0 Å². The fourth-order valence-electron chi connectivity index (χ4n) is 3.32. The number of aromatic nitrogens is 1. The van der Waals surface area contributed by atoms with Crippen molar-refractivity contribution in [3.05, 3.63) is 90.6 Å². The van der Waals surface area contributed by atoms with Gasteiger partial charge in [0.15, 0.2) is 0 Å². The summed E-state index contributed by atoms with van der Waals surface area (Å²) in [6, 6.07) is 1.78. The molecule has 0 saturated heterocycles. The molecule has 2 atom stereocenters. The average molecular weight is 497 g/mol. The minimum atomic E-state index is -0.913. The summed E-state index contributed by atoms with van der Waals surface area (Å²) in [4.78, 5) is 16.0. The predicted octanol–water partition coefficient (Wildman–Crippen LogP) is 4.83. The maximum Gasteiger partial charge on any atom is 0.253 e. The Balaban J connectivity index is 2.14. The van der Waals surface area contributed by atoms with E-state index in [0.717, 1.165) is 30.7 Å². The molecule has 1 aliphatic heterocycles. The number of hydrogen-bond donors (Lipinski definition) is 5. The molecule has 2 unspecified atom stereocenters. The number of aliphatic hydroxyl groups excluding tert-OH is 1. The molecule has 188 valence electrons. The molecule has 1 amide bonds. The van der Waals surface area contributed by atoms with Crippen molar-refractivity contribution < 1.29 is 9.90 Å². The minimum Gasteiger partial charge on any atom is -0.369 e. The third-order valence-electron chi connectivity index (χ3n) is 5.17. The summed E-state index contributed by atoms with van der Waals surface area (Å²) in [5.41, 5.74) is 9.62. The number of unbranched alkanes of at least 4 members (excludes halogenated alkanes) is 1. The quantitative estimate of drug-likeness (QED) is 0.116. The molecule has 2 heterocycles. The third kappa shape index (κ3) is 9.84. The first-order valence-electron chi connectivity index (χ1n) is 11.6. The van der Waals surface area contributed by atoms with E-state index in [1.54, 1.807) is 18.3 Å². The standard InChI is InChI=1S/C26H36N6O2S/c1-4-6-7-8-9-17-35-22-11-10-14-28-25(33)21(12-13-22)19-24-23(18-20(3)30-24)26(34)29-15-16-32(5-2)31-27/h4-5,8-10,12-14,18-19,22,25,27-28,30,33H,1-2,6-7,11,15-17H2,3H3,(H,29,34)/b9-8+,13-12+,14-10+,21-19-,31-27?. The number of aryl methyl sites for hydroxylation is 1. The Labute approximate surface area is 212 Å². The van der Waals surface area contributed by atoms with Crippen LogP contribution in [0, 0.1) is 12.5 Å². The van der Waals surface area contributed by atoms with Gasteiger partial charge in [0, 0.05) is 35.0 Å². The highest BCUT2D eigenvalue weighted by Gasteiger charge is 2.16. The van der Waals surface area contributed by atoms with Crippen LogP contribution in [0.15, 0.2) is 78.9 Å². The van der Waals surface area contributed by atoms with Crippen molar-refractivity contribution in [1.82, 2.24) is 20.6 Å². The molecule has 0 aromatic carbocycles. The number of thioether (sulfide) groups is 1.